The summed E-state index contributed by atoms with van der Waals surface area (Å²) < 4.78 is 5.00. The zero-order chi connectivity index (χ0) is 11.4. The molecule has 0 N–H and O–H groups in total. The molecule has 4 nitrogen and oxygen atoms in total. The van der Waals surface area contributed by atoms with Gasteiger partial charge in [-0.15, -0.1) is 0 Å². The Kier molecular flexibility index (Phi) is 4.12. The Morgan fingerprint density at radius 1 is 1.47 bits per heavy atom. The molecular formula is C11H19NO3. The molecule has 0 aliphatic carbocycles. The molecule has 0 bridgehead atoms. The van der Waals surface area contributed by atoms with Crippen molar-refractivity contribution in [2.45, 2.75) is 27.2 Å². The summed E-state index contributed by atoms with van der Waals surface area (Å²) in [6.07, 6.45) is 0.878. The molecule has 1 aliphatic heterocycles. The molecule has 0 radical (unpaired) electrons. The second kappa shape index (κ2) is 5.14. The van der Waals surface area contributed by atoms with Gasteiger partial charge < -0.3 is 9.64 Å². The normalized spacial score (nSPS) is 26.2. The van der Waals surface area contributed by atoms with Crippen LogP contribution in [-0.4, -0.2) is 36.5 Å². The Bertz CT molecular complexity index is 252. The van der Waals surface area contributed by atoms with Crippen LogP contribution in [0, 0.1) is 11.8 Å². The second-order valence-corrected chi connectivity index (χ2v) is 4.09. The lowest BCUT2D eigenvalue weighted by Gasteiger charge is -2.35. The van der Waals surface area contributed by atoms with Crippen molar-refractivity contribution in [3.05, 3.63) is 0 Å². The topological polar surface area (TPSA) is 46.6 Å². The Balaban J connectivity index is 2.60. The smallest absolute Gasteiger partial charge is 0.310 e. The number of likely N-dealkylation sites (tertiary alicyclic amines) is 1. The average molecular weight is 213 g/mol. The summed E-state index contributed by atoms with van der Waals surface area (Å²) in [5.74, 6) is 0.0226. The SMILES string of the molecule is CCOC(=O)[C@H]1CN(C(C)=O)CC[C@@H]1C. The minimum absolute atomic E-state index is 0.0381. The van der Waals surface area contributed by atoms with Gasteiger partial charge in [0.25, 0.3) is 0 Å². The third kappa shape index (κ3) is 2.94. The molecular weight excluding hydrogens is 194 g/mol. The van der Waals surface area contributed by atoms with Crippen LogP contribution in [0.15, 0.2) is 0 Å². The zero-order valence-corrected chi connectivity index (χ0v) is 9.66. The first-order valence-electron chi connectivity index (χ1n) is 5.48. The number of nitrogens with zero attached hydrogens (tertiary/aromatic N) is 1. The molecule has 4 heteroatoms. The van der Waals surface area contributed by atoms with Gasteiger partial charge in [0.05, 0.1) is 12.5 Å². The fraction of sp³-hybridized carbons (Fsp3) is 0.818. The molecule has 86 valence electrons. The predicted octanol–water partition coefficient (Wildman–Crippen LogP) is 1.05. The van der Waals surface area contributed by atoms with Crippen molar-refractivity contribution in [3.63, 3.8) is 0 Å². The van der Waals surface area contributed by atoms with Gasteiger partial charge in [-0.3, -0.25) is 9.59 Å². The maximum absolute atomic E-state index is 11.6. The molecule has 2 atom stereocenters. The molecule has 0 saturated carbocycles. The predicted molar refractivity (Wildman–Crippen MR) is 56.2 cm³/mol. The van der Waals surface area contributed by atoms with E-state index < -0.39 is 0 Å². The number of hydrogen-bond donors (Lipinski definition) is 0. The Morgan fingerprint density at radius 2 is 2.13 bits per heavy atom. The van der Waals surface area contributed by atoms with Crippen molar-refractivity contribution >= 4 is 11.9 Å². The van der Waals surface area contributed by atoms with Gasteiger partial charge in [-0.1, -0.05) is 6.92 Å². The van der Waals surface area contributed by atoms with E-state index in [-0.39, 0.29) is 17.8 Å². The molecule has 1 aliphatic rings. The number of hydrogen-bond acceptors (Lipinski definition) is 3. The highest BCUT2D eigenvalue weighted by atomic mass is 16.5. The quantitative estimate of drug-likeness (QED) is 0.644. The van der Waals surface area contributed by atoms with Crippen LogP contribution in [0.4, 0.5) is 0 Å². The lowest BCUT2D eigenvalue weighted by molar-refractivity contribution is -0.153. The number of carbonyl (C=O) groups excluding carboxylic acids is 2. The minimum Gasteiger partial charge on any atom is -0.466 e. The molecule has 1 rings (SSSR count). The zero-order valence-electron chi connectivity index (χ0n) is 9.66. The Hall–Kier alpha value is -1.06. The molecule has 0 aromatic heterocycles. The van der Waals surface area contributed by atoms with E-state index in [0.29, 0.717) is 19.1 Å². The van der Waals surface area contributed by atoms with Crippen LogP contribution >= 0.6 is 0 Å². The van der Waals surface area contributed by atoms with Crippen LogP contribution in [0.25, 0.3) is 0 Å². The number of rotatable bonds is 2. The molecule has 1 fully saturated rings. The van der Waals surface area contributed by atoms with E-state index in [4.69, 9.17) is 4.74 Å². The van der Waals surface area contributed by atoms with Crippen molar-refractivity contribution in [2.75, 3.05) is 19.7 Å². The van der Waals surface area contributed by atoms with Crippen LogP contribution < -0.4 is 0 Å². The molecule has 1 amide bonds. The molecule has 0 aromatic carbocycles. The van der Waals surface area contributed by atoms with Crippen molar-refractivity contribution in [3.8, 4) is 0 Å². The van der Waals surface area contributed by atoms with Crippen LogP contribution in [0.3, 0.4) is 0 Å². The number of amides is 1. The van der Waals surface area contributed by atoms with Crippen molar-refractivity contribution < 1.29 is 14.3 Å². The number of esters is 1. The van der Waals surface area contributed by atoms with Gasteiger partial charge in [-0.2, -0.15) is 0 Å². The van der Waals surface area contributed by atoms with Crippen molar-refractivity contribution in [2.24, 2.45) is 11.8 Å². The van der Waals surface area contributed by atoms with E-state index in [0.717, 1.165) is 13.0 Å². The van der Waals surface area contributed by atoms with Gasteiger partial charge in [0.1, 0.15) is 0 Å². The summed E-state index contributed by atoms with van der Waals surface area (Å²) >= 11 is 0. The first-order valence-corrected chi connectivity index (χ1v) is 5.48. The average Bonchev–Trinajstić information content (AvgIpc) is 2.18. The lowest BCUT2D eigenvalue weighted by Crippen LogP contribution is -2.45. The highest BCUT2D eigenvalue weighted by Gasteiger charge is 2.33. The maximum Gasteiger partial charge on any atom is 0.310 e. The summed E-state index contributed by atoms with van der Waals surface area (Å²) in [5, 5.41) is 0. The van der Waals surface area contributed by atoms with Crippen molar-refractivity contribution in [1.29, 1.82) is 0 Å². The highest BCUT2D eigenvalue weighted by molar-refractivity contribution is 5.77. The summed E-state index contributed by atoms with van der Waals surface area (Å²) in [5.41, 5.74) is 0. The summed E-state index contributed by atoms with van der Waals surface area (Å²) in [6, 6.07) is 0. The number of piperidine rings is 1. The van der Waals surface area contributed by atoms with Crippen LogP contribution in [-0.2, 0) is 14.3 Å². The molecule has 0 unspecified atom stereocenters. The van der Waals surface area contributed by atoms with E-state index >= 15 is 0 Å². The number of carbonyl (C=O) groups is 2. The lowest BCUT2D eigenvalue weighted by atomic mass is 9.87. The molecule has 1 saturated heterocycles. The van der Waals surface area contributed by atoms with Gasteiger partial charge >= 0.3 is 5.97 Å². The van der Waals surface area contributed by atoms with Gasteiger partial charge in [-0.25, -0.2) is 0 Å². The standard InChI is InChI=1S/C11H19NO3/c1-4-15-11(14)10-7-12(9(3)13)6-5-8(10)2/h8,10H,4-7H2,1-3H3/t8-,10-/m0/s1. The van der Waals surface area contributed by atoms with Crippen LogP contribution in [0.1, 0.15) is 27.2 Å². The fourth-order valence-electron chi connectivity index (χ4n) is 1.91. The summed E-state index contributed by atoms with van der Waals surface area (Å²) in [4.78, 5) is 24.5. The molecule has 15 heavy (non-hydrogen) atoms. The first kappa shape index (κ1) is 12.0. The van der Waals surface area contributed by atoms with Gasteiger partial charge in [-0.05, 0) is 19.3 Å². The van der Waals surface area contributed by atoms with Gasteiger partial charge in [0, 0.05) is 20.0 Å². The first-order chi connectivity index (χ1) is 7.06. The molecule has 1 heterocycles. The van der Waals surface area contributed by atoms with Crippen molar-refractivity contribution in [1.82, 2.24) is 4.90 Å². The van der Waals surface area contributed by atoms with E-state index in [9.17, 15) is 9.59 Å². The Morgan fingerprint density at radius 3 is 2.67 bits per heavy atom. The second-order valence-electron chi connectivity index (χ2n) is 4.09. The highest BCUT2D eigenvalue weighted by Crippen LogP contribution is 2.24. The molecule has 0 aromatic rings. The number of ether oxygens (including phenoxy) is 1. The van der Waals surface area contributed by atoms with E-state index in [2.05, 4.69) is 0 Å². The largest absolute Gasteiger partial charge is 0.466 e. The van der Waals surface area contributed by atoms with Crippen LogP contribution in [0.5, 0.6) is 0 Å². The van der Waals surface area contributed by atoms with E-state index in [1.165, 1.54) is 6.92 Å². The third-order valence-corrected chi connectivity index (χ3v) is 2.99. The summed E-state index contributed by atoms with van der Waals surface area (Å²) in [6.45, 7) is 7.05. The fourth-order valence-corrected chi connectivity index (χ4v) is 1.91. The third-order valence-electron chi connectivity index (χ3n) is 2.99. The van der Waals surface area contributed by atoms with Gasteiger partial charge in [0.2, 0.25) is 5.91 Å². The van der Waals surface area contributed by atoms with E-state index in [1.54, 1.807) is 11.8 Å². The minimum atomic E-state index is -0.170. The Labute approximate surface area is 90.6 Å². The molecule has 0 spiro atoms. The van der Waals surface area contributed by atoms with Gasteiger partial charge in [0.15, 0.2) is 0 Å². The maximum atomic E-state index is 11.6. The monoisotopic (exact) mass is 213 g/mol. The van der Waals surface area contributed by atoms with Crippen LogP contribution in [0.2, 0.25) is 0 Å². The van der Waals surface area contributed by atoms with E-state index in [1.807, 2.05) is 6.92 Å². The summed E-state index contributed by atoms with van der Waals surface area (Å²) in [7, 11) is 0.